The zero-order valence-electron chi connectivity index (χ0n) is 10.1. The summed E-state index contributed by atoms with van der Waals surface area (Å²) in [6.45, 7) is 2.68. The lowest BCUT2D eigenvalue weighted by molar-refractivity contribution is -0.123. The molecule has 2 unspecified atom stereocenters. The van der Waals surface area contributed by atoms with Crippen molar-refractivity contribution in [3.63, 3.8) is 0 Å². The smallest absolute Gasteiger partial charge is 0.135 e. The highest BCUT2D eigenvalue weighted by Crippen LogP contribution is 2.29. The van der Waals surface area contributed by atoms with Gasteiger partial charge in [0, 0.05) is 23.9 Å². The van der Waals surface area contributed by atoms with Gasteiger partial charge >= 0.3 is 0 Å². The first kappa shape index (κ1) is 12.2. The molecule has 1 aromatic rings. The number of nitrogens with one attached hydrogen (secondary N) is 1. The van der Waals surface area contributed by atoms with Crippen LogP contribution in [0.3, 0.4) is 0 Å². The third-order valence-corrected chi connectivity index (χ3v) is 3.49. The second-order valence-electron chi connectivity index (χ2n) is 4.57. The topological polar surface area (TPSA) is 29.1 Å². The maximum Gasteiger partial charge on any atom is 0.135 e. The number of piperidine rings is 1. The molecule has 92 valence electrons. The molecule has 1 saturated heterocycles. The molecule has 0 saturated carbocycles. The Kier molecular flexibility index (Phi) is 3.89. The van der Waals surface area contributed by atoms with Gasteiger partial charge in [-0.3, -0.25) is 4.79 Å². The molecular weight excluding hydrogens is 217 g/mol. The molecular formula is C14H18FNO. The van der Waals surface area contributed by atoms with Crippen LogP contribution in [-0.2, 0) is 4.79 Å². The number of carbonyl (C=O) groups is 1. The van der Waals surface area contributed by atoms with Gasteiger partial charge in [0.05, 0.1) is 0 Å². The fourth-order valence-electron chi connectivity index (χ4n) is 2.49. The normalized spacial score (nSPS) is 24.6. The summed E-state index contributed by atoms with van der Waals surface area (Å²) >= 11 is 0. The quantitative estimate of drug-likeness (QED) is 0.872. The fourth-order valence-corrected chi connectivity index (χ4v) is 2.49. The molecule has 2 nitrogen and oxygen atoms in total. The van der Waals surface area contributed by atoms with Gasteiger partial charge in [0.25, 0.3) is 0 Å². The average Bonchev–Trinajstić information content (AvgIpc) is 2.38. The molecule has 1 fully saturated rings. The van der Waals surface area contributed by atoms with Crippen LogP contribution in [0.4, 0.5) is 4.39 Å². The van der Waals surface area contributed by atoms with Crippen LogP contribution in [0.5, 0.6) is 0 Å². The van der Waals surface area contributed by atoms with Gasteiger partial charge in [0.15, 0.2) is 0 Å². The van der Waals surface area contributed by atoms with Gasteiger partial charge in [-0.05, 0) is 25.5 Å². The monoisotopic (exact) mass is 235 g/mol. The Morgan fingerprint density at radius 1 is 1.47 bits per heavy atom. The van der Waals surface area contributed by atoms with E-state index in [1.54, 1.807) is 12.1 Å². The number of hydrogen-bond acceptors (Lipinski definition) is 2. The molecule has 0 aromatic heterocycles. The molecule has 2 atom stereocenters. The summed E-state index contributed by atoms with van der Waals surface area (Å²) in [6.07, 6.45) is 2.17. The SMILES string of the molecule is CCC(=O)C1CCNC(c2ccccc2F)C1. The van der Waals surface area contributed by atoms with Crippen molar-refractivity contribution in [3.05, 3.63) is 35.6 Å². The van der Waals surface area contributed by atoms with Crippen molar-refractivity contribution < 1.29 is 9.18 Å². The second-order valence-corrected chi connectivity index (χ2v) is 4.57. The largest absolute Gasteiger partial charge is 0.310 e. The van der Waals surface area contributed by atoms with Crippen LogP contribution in [0.15, 0.2) is 24.3 Å². The molecule has 0 spiro atoms. The standard InChI is InChI=1S/C14H18FNO/c1-2-14(17)10-7-8-16-13(9-10)11-5-3-4-6-12(11)15/h3-6,10,13,16H,2,7-9H2,1H3. The Morgan fingerprint density at radius 3 is 2.94 bits per heavy atom. The summed E-state index contributed by atoms with van der Waals surface area (Å²) in [7, 11) is 0. The van der Waals surface area contributed by atoms with Crippen LogP contribution in [-0.4, -0.2) is 12.3 Å². The minimum Gasteiger partial charge on any atom is -0.310 e. The predicted octanol–water partition coefficient (Wildman–Crippen LogP) is 2.85. The van der Waals surface area contributed by atoms with E-state index in [-0.39, 0.29) is 17.8 Å². The van der Waals surface area contributed by atoms with E-state index in [2.05, 4.69) is 5.32 Å². The lowest BCUT2D eigenvalue weighted by Crippen LogP contribution is -2.35. The molecule has 1 heterocycles. The highest BCUT2D eigenvalue weighted by Gasteiger charge is 2.27. The molecule has 1 aromatic carbocycles. The Balaban J connectivity index is 2.12. The highest BCUT2D eigenvalue weighted by molar-refractivity contribution is 5.80. The molecule has 2 rings (SSSR count). The lowest BCUT2D eigenvalue weighted by atomic mass is 9.85. The summed E-state index contributed by atoms with van der Waals surface area (Å²) in [5.74, 6) is 0.202. The van der Waals surface area contributed by atoms with E-state index in [9.17, 15) is 9.18 Å². The predicted molar refractivity (Wildman–Crippen MR) is 65.2 cm³/mol. The fraction of sp³-hybridized carbons (Fsp3) is 0.500. The Labute approximate surface area is 101 Å². The first-order valence-corrected chi connectivity index (χ1v) is 6.23. The van der Waals surface area contributed by atoms with E-state index < -0.39 is 0 Å². The summed E-state index contributed by atoms with van der Waals surface area (Å²) in [6, 6.07) is 6.78. The second kappa shape index (κ2) is 5.41. The lowest BCUT2D eigenvalue weighted by Gasteiger charge is -2.29. The summed E-state index contributed by atoms with van der Waals surface area (Å²) in [5.41, 5.74) is 0.682. The third kappa shape index (κ3) is 2.72. The van der Waals surface area contributed by atoms with Crippen molar-refractivity contribution >= 4 is 5.78 Å². The van der Waals surface area contributed by atoms with Gasteiger partial charge in [-0.2, -0.15) is 0 Å². The zero-order chi connectivity index (χ0) is 12.3. The Morgan fingerprint density at radius 2 is 2.24 bits per heavy atom. The van der Waals surface area contributed by atoms with E-state index >= 15 is 0 Å². The zero-order valence-corrected chi connectivity index (χ0v) is 10.1. The molecule has 0 bridgehead atoms. The number of Topliss-reactive ketones (excluding diaryl/α,β-unsaturated/α-hetero) is 1. The number of rotatable bonds is 3. The van der Waals surface area contributed by atoms with Crippen LogP contribution >= 0.6 is 0 Å². The maximum absolute atomic E-state index is 13.7. The number of hydrogen-bond donors (Lipinski definition) is 1. The maximum atomic E-state index is 13.7. The van der Waals surface area contributed by atoms with Gasteiger partial charge in [0.2, 0.25) is 0 Å². The minimum atomic E-state index is -0.186. The Hall–Kier alpha value is -1.22. The molecule has 1 aliphatic rings. The molecule has 0 amide bonds. The van der Waals surface area contributed by atoms with Gasteiger partial charge in [-0.25, -0.2) is 4.39 Å². The van der Waals surface area contributed by atoms with Crippen LogP contribution in [0.1, 0.15) is 37.8 Å². The molecule has 0 radical (unpaired) electrons. The molecule has 3 heteroatoms. The molecule has 17 heavy (non-hydrogen) atoms. The van der Waals surface area contributed by atoms with Crippen LogP contribution in [0, 0.1) is 11.7 Å². The highest BCUT2D eigenvalue weighted by atomic mass is 19.1. The number of carbonyl (C=O) groups excluding carboxylic acids is 1. The van der Waals surface area contributed by atoms with Crippen LogP contribution in [0.25, 0.3) is 0 Å². The molecule has 1 aliphatic heterocycles. The van der Waals surface area contributed by atoms with Crippen molar-refractivity contribution in [1.29, 1.82) is 0 Å². The number of ketones is 1. The Bertz CT molecular complexity index is 405. The van der Waals surface area contributed by atoms with Gasteiger partial charge in [-0.1, -0.05) is 25.1 Å². The average molecular weight is 235 g/mol. The van der Waals surface area contributed by atoms with Gasteiger partial charge in [0.1, 0.15) is 11.6 Å². The molecule has 0 aliphatic carbocycles. The van der Waals surface area contributed by atoms with E-state index in [0.717, 1.165) is 13.0 Å². The van der Waals surface area contributed by atoms with Crippen LogP contribution < -0.4 is 5.32 Å². The van der Waals surface area contributed by atoms with E-state index in [0.29, 0.717) is 24.2 Å². The van der Waals surface area contributed by atoms with Crippen molar-refractivity contribution in [2.45, 2.75) is 32.2 Å². The van der Waals surface area contributed by atoms with Crippen molar-refractivity contribution in [2.24, 2.45) is 5.92 Å². The first-order valence-electron chi connectivity index (χ1n) is 6.23. The minimum absolute atomic E-state index is 0.0227. The van der Waals surface area contributed by atoms with Crippen molar-refractivity contribution in [1.82, 2.24) is 5.32 Å². The van der Waals surface area contributed by atoms with Gasteiger partial charge < -0.3 is 5.32 Å². The van der Waals surface area contributed by atoms with Gasteiger partial charge in [-0.15, -0.1) is 0 Å². The van der Waals surface area contributed by atoms with Crippen molar-refractivity contribution in [3.8, 4) is 0 Å². The number of benzene rings is 1. The van der Waals surface area contributed by atoms with Crippen molar-refractivity contribution in [2.75, 3.05) is 6.54 Å². The van der Waals surface area contributed by atoms with E-state index in [1.165, 1.54) is 6.07 Å². The van der Waals surface area contributed by atoms with Crippen LogP contribution in [0.2, 0.25) is 0 Å². The third-order valence-electron chi connectivity index (χ3n) is 3.49. The number of halogens is 1. The van der Waals surface area contributed by atoms with E-state index in [4.69, 9.17) is 0 Å². The summed E-state index contributed by atoms with van der Waals surface area (Å²) < 4.78 is 13.7. The molecule has 1 N–H and O–H groups in total. The summed E-state index contributed by atoms with van der Waals surface area (Å²) in [5, 5.41) is 3.29. The summed E-state index contributed by atoms with van der Waals surface area (Å²) in [4.78, 5) is 11.7. The first-order chi connectivity index (χ1) is 8.22. The van der Waals surface area contributed by atoms with E-state index in [1.807, 2.05) is 13.0 Å².